The van der Waals surface area contributed by atoms with Crippen LogP contribution in [0.25, 0.3) is 0 Å². The Morgan fingerprint density at radius 1 is 1.05 bits per heavy atom. The van der Waals surface area contributed by atoms with Gasteiger partial charge in [-0.1, -0.05) is 76.8 Å². The molecule has 2 amide bonds. The number of para-hydroxylation sites is 1. The average Bonchev–Trinajstić information content (AvgIpc) is 2.88. The van der Waals surface area contributed by atoms with E-state index in [0.717, 1.165) is 19.3 Å². The molecule has 2 N–H and O–H groups in total. The highest BCUT2D eigenvalue weighted by Crippen LogP contribution is 2.20. The summed E-state index contributed by atoms with van der Waals surface area (Å²) < 4.78 is 11.1. The molecule has 9 heteroatoms. The van der Waals surface area contributed by atoms with E-state index in [1.807, 2.05) is 13.8 Å². The molecule has 0 spiro atoms. The van der Waals surface area contributed by atoms with Gasteiger partial charge in [0, 0.05) is 13.1 Å². The molecule has 1 atom stereocenters. The van der Waals surface area contributed by atoms with Gasteiger partial charge in [-0.15, -0.1) is 0 Å². The number of benzene rings is 1. The Labute approximate surface area is 233 Å². The monoisotopic (exact) mass is 547 g/mol. The maximum atomic E-state index is 12.9. The molecule has 1 aromatic rings. The van der Waals surface area contributed by atoms with Gasteiger partial charge in [-0.25, -0.2) is 0 Å². The quantitative estimate of drug-likeness (QED) is 0.168. The Hall–Kier alpha value is -2.68. The minimum absolute atomic E-state index is 0.0942. The summed E-state index contributed by atoms with van der Waals surface area (Å²) in [4.78, 5) is 39.6. The van der Waals surface area contributed by atoms with Gasteiger partial charge in [-0.2, -0.15) is 0 Å². The molecule has 1 heterocycles. The Morgan fingerprint density at radius 3 is 2.34 bits per heavy atom. The number of thiocarbonyl (C=S) groups is 1. The number of piperazine rings is 1. The summed E-state index contributed by atoms with van der Waals surface area (Å²) in [5.74, 6) is -0.740. The van der Waals surface area contributed by atoms with Crippen molar-refractivity contribution >= 4 is 35.1 Å². The molecular weight excluding hydrogens is 502 g/mol. The first-order chi connectivity index (χ1) is 18.3. The summed E-state index contributed by atoms with van der Waals surface area (Å²) in [6.07, 6.45) is 11.8. The molecule has 1 aromatic carbocycles. The maximum absolute atomic E-state index is 12.9. The molecular formula is C29H45N3O5S. The van der Waals surface area contributed by atoms with Crippen LogP contribution in [0.15, 0.2) is 24.3 Å². The molecule has 2 rings (SSSR count). The van der Waals surface area contributed by atoms with Gasteiger partial charge in [-0.3, -0.25) is 19.7 Å². The lowest BCUT2D eigenvalue weighted by Gasteiger charge is -2.36. The van der Waals surface area contributed by atoms with E-state index >= 15 is 0 Å². The zero-order valence-corrected chi connectivity index (χ0v) is 24.1. The third-order valence-corrected chi connectivity index (χ3v) is 6.76. The largest absolute Gasteiger partial charge is 0.490 e. The number of unbranched alkanes of at least 4 members (excludes halogenated alkanes) is 9. The SMILES string of the molecule is CCCCCCCCCCCCOC(=O)CC1C(=O)NCCN1C(=S)NC(=O)c1ccccc1OC(C)C. The van der Waals surface area contributed by atoms with Crippen molar-refractivity contribution in [3.05, 3.63) is 29.8 Å². The van der Waals surface area contributed by atoms with E-state index in [9.17, 15) is 14.4 Å². The summed E-state index contributed by atoms with van der Waals surface area (Å²) in [5, 5.41) is 5.56. The molecule has 1 aliphatic heterocycles. The van der Waals surface area contributed by atoms with Crippen LogP contribution < -0.4 is 15.4 Å². The van der Waals surface area contributed by atoms with E-state index in [1.54, 1.807) is 29.2 Å². The van der Waals surface area contributed by atoms with Gasteiger partial charge in [0.05, 0.1) is 24.7 Å². The summed E-state index contributed by atoms with van der Waals surface area (Å²) in [6.45, 7) is 7.08. The summed E-state index contributed by atoms with van der Waals surface area (Å²) in [5.41, 5.74) is 0.345. The first-order valence-corrected chi connectivity index (χ1v) is 14.5. The molecule has 38 heavy (non-hydrogen) atoms. The fourth-order valence-electron chi connectivity index (χ4n) is 4.40. The lowest BCUT2D eigenvalue weighted by Crippen LogP contribution is -2.60. The highest BCUT2D eigenvalue weighted by atomic mass is 32.1. The number of esters is 1. The second kappa shape index (κ2) is 17.8. The number of hydrogen-bond acceptors (Lipinski definition) is 6. The highest BCUT2D eigenvalue weighted by Gasteiger charge is 2.34. The van der Waals surface area contributed by atoms with E-state index in [2.05, 4.69) is 17.6 Å². The van der Waals surface area contributed by atoms with Crippen molar-refractivity contribution in [2.75, 3.05) is 19.7 Å². The Bertz CT molecular complexity index is 908. The van der Waals surface area contributed by atoms with Crippen LogP contribution >= 0.6 is 12.2 Å². The van der Waals surface area contributed by atoms with Gasteiger partial charge in [0.2, 0.25) is 5.91 Å². The molecule has 0 radical (unpaired) electrons. The van der Waals surface area contributed by atoms with Crippen molar-refractivity contribution in [3.8, 4) is 5.75 Å². The summed E-state index contributed by atoms with van der Waals surface area (Å²) >= 11 is 5.47. The Balaban J connectivity index is 1.78. The molecule has 1 fully saturated rings. The molecule has 212 valence electrons. The second-order valence-electron chi connectivity index (χ2n) is 10.0. The number of ether oxygens (including phenoxy) is 2. The van der Waals surface area contributed by atoms with E-state index < -0.39 is 17.9 Å². The Morgan fingerprint density at radius 2 is 1.68 bits per heavy atom. The number of carbonyl (C=O) groups excluding carboxylic acids is 3. The molecule has 0 saturated carbocycles. The molecule has 0 bridgehead atoms. The molecule has 0 aliphatic carbocycles. The van der Waals surface area contributed by atoms with Gasteiger partial charge in [-0.05, 0) is 44.6 Å². The zero-order chi connectivity index (χ0) is 27.8. The van der Waals surface area contributed by atoms with Crippen LogP contribution in [0, 0.1) is 0 Å². The van der Waals surface area contributed by atoms with Crippen LogP contribution in [0.1, 0.15) is 102 Å². The minimum Gasteiger partial charge on any atom is -0.490 e. The minimum atomic E-state index is -0.834. The molecule has 1 unspecified atom stereocenters. The van der Waals surface area contributed by atoms with Crippen LogP contribution in [0.3, 0.4) is 0 Å². The van der Waals surface area contributed by atoms with Gasteiger partial charge < -0.3 is 19.7 Å². The van der Waals surface area contributed by atoms with Gasteiger partial charge in [0.25, 0.3) is 5.91 Å². The van der Waals surface area contributed by atoms with Crippen molar-refractivity contribution in [1.29, 1.82) is 0 Å². The first-order valence-electron chi connectivity index (χ1n) is 14.1. The number of nitrogens with zero attached hydrogens (tertiary/aromatic N) is 1. The molecule has 1 saturated heterocycles. The predicted molar refractivity (Wildman–Crippen MR) is 153 cm³/mol. The number of hydrogen-bond donors (Lipinski definition) is 2. The van der Waals surface area contributed by atoms with Crippen molar-refractivity contribution in [2.45, 2.75) is 104 Å². The van der Waals surface area contributed by atoms with E-state index in [1.165, 1.54) is 44.9 Å². The number of carbonyl (C=O) groups is 3. The van der Waals surface area contributed by atoms with Crippen molar-refractivity contribution in [2.24, 2.45) is 0 Å². The Kier molecular flexibility index (Phi) is 14.7. The topological polar surface area (TPSA) is 97.0 Å². The van der Waals surface area contributed by atoms with Crippen molar-refractivity contribution < 1.29 is 23.9 Å². The second-order valence-corrected chi connectivity index (χ2v) is 10.4. The van der Waals surface area contributed by atoms with Crippen molar-refractivity contribution in [1.82, 2.24) is 15.5 Å². The van der Waals surface area contributed by atoms with Crippen LogP contribution in [0.4, 0.5) is 0 Å². The van der Waals surface area contributed by atoms with Crippen LogP contribution in [-0.2, 0) is 14.3 Å². The summed E-state index contributed by atoms with van der Waals surface area (Å²) in [6, 6.07) is 6.08. The van der Waals surface area contributed by atoms with E-state index in [-0.39, 0.29) is 23.5 Å². The standard InChI is InChI=1S/C29H45N3O5S/c1-4-5-6-7-8-9-10-11-12-15-20-36-26(33)21-24-28(35)30-18-19-32(24)29(38)31-27(34)23-16-13-14-17-25(23)37-22(2)3/h13-14,16-17,22,24H,4-12,15,18-21H2,1-3H3,(H,30,35)(H,31,34,38). The molecule has 0 aromatic heterocycles. The van der Waals surface area contributed by atoms with Gasteiger partial charge in [0.1, 0.15) is 11.8 Å². The average molecular weight is 548 g/mol. The third kappa shape index (κ3) is 11.4. The van der Waals surface area contributed by atoms with Crippen LogP contribution in [-0.4, -0.2) is 59.6 Å². The number of amides is 2. The smallest absolute Gasteiger partial charge is 0.308 e. The van der Waals surface area contributed by atoms with Gasteiger partial charge in [0.15, 0.2) is 5.11 Å². The lowest BCUT2D eigenvalue weighted by atomic mass is 10.1. The fraction of sp³-hybridized carbons (Fsp3) is 0.655. The predicted octanol–water partition coefficient (Wildman–Crippen LogP) is 5.14. The lowest BCUT2D eigenvalue weighted by molar-refractivity contribution is -0.147. The number of nitrogens with one attached hydrogen (secondary N) is 2. The molecule has 1 aliphatic rings. The molecule has 8 nitrogen and oxygen atoms in total. The van der Waals surface area contributed by atoms with E-state index in [0.29, 0.717) is 31.0 Å². The summed E-state index contributed by atoms with van der Waals surface area (Å²) in [7, 11) is 0. The van der Waals surface area contributed by atoms with Crippen molar-refractivity contribution in [3.63, 3.8) is 0 Å². The first kappa shape index (κ1) is 31.5. The normalized spacial score (nSPS) is 15.2. The maximum Gasteiger partial charge on any atom is 0.308 e. The van der Waals surface area contributed by atoms with Crippen LogP contribution in [0.2, 0.25) is 0 Å². The highest BCUT2D eigenvalue weighted by molar-refractivity contribution is 7.80. The van der Waals surface area contributed by atoms with Gasteiger partial charge >= 0.3 is 5.97 Å². The number of rotatable bonds is 16. The zero-order valence-electron chi connectivity index (χ0n) is 23.3. The van der Waals surface area contributed by atoms with E-state index in [4.69, 9.17) is 21.7 Å². The fourth-order valence-corrected chi connectivity index (χ4v) is 4.71. The van der Waals surface area contributed by atoms with Crippen LogP contribution in [0.5, 0.6) is 5.75 Å². The third-order valence-electron chi connectivity index (χ3n) is 6.43.